The number of nitrogens with one attached hydrogen (secondary N) is 1. The van der Waals surface area contributed by atoms with E-state index in [9.17, 15) is 4.79 Å². The van der Waals surface area contributed by atoms with E-state index in [0.29, 0.717) is 36.6 Å². The van der Waals surface area contributed by atoms with Crippen molar-refractivity contribution in [2.75, 3.05) is 13.2 Å². The third kappa shape index (κ3) is 4.33. The van der Waals surface area contributed by atoms with Crippen molar-refractivity contribution in [2.24, 2.45) is 5.73 Å². The van der Waals surface area contributed by atoms with E-state index in [-0.39, 0.29) is 5.91 Å². The van der Waals surface area contributed by atoms with Gasteiger partial charge in [-0.2, -0.15) is 5.26 Å². The van der Waals surface area contributed by atoms with Crippen LogP contribution in [0.5, 0.6) is 5.75 Å². The Balaban J connectivity index is 1.78. The average molecular weight is 295 g/mol. The summed E-state index contributed by atoms with van der Waals surface area (Å²) < 4.78 is 5.49. The van der Waals surface area contributed by atoms with E-state index in [1.165, 1.54) is 0 Å². The minimum atomic E-state index is -0.155. The third-order valence-electron chi connectivity index (χ3n) is 3.07. The van der Waals surface area contributed by atoms with Crippen LogP contribution >= 0.6 is 0 Å². The molecule has 0 unspecified atom stereocenters. The Hall–Kier alpha value is -2.84. The Morgan fingerprint density at radius 1 is 1.23 bits per heavy atom. The number of nitriles is 1. The zero-order chi connectivity index (χ0) is 15.8. The van der Waals surface area contributed by atoms with Gasteiger partial charge in [0.25, 0.3) is 5.91 Å². The van der Waals surface area contributed by atoms with E-state index < -0.39 is 0 Å². The quantitative estimate of drug-likeness (QED) is 0.796. The van der Waals surface area contributed by atoms with E-state index in [2.05, 4.69) is 5.32 Å². The predicted molar refractivity (Wildman–Crippen MR) is 83.3 cm³/mol. The maximum absolute atomic E-state index is 11.9. The molecule has 2 aromatic rings. The predicted octanol–water partition coefficient (Wildman–Crippen LogP) is 1.83. The number of hydrogen-bond acceptors (Lipinski definition) is 4. The Morgan fingerprint density at radius 3 is 2.68 bits per heavy atom. The molecule has 0 aromatic heterocycles. The lowest BCUT2D eigenvalue weighted by Crippen LogP contribution is -2.28. The van der Waals surface area contributed by atoms with Gasteiger partial charge in [-0.05, 0) is 35.9 Å². The highest BCUT2D eigenvalue weighted by atomic mass is 16.5. The maximum atomic E-state index is 11.9. The van der Waals surface area contributed by atoms with Gasteiger partial charge in [-0.3, -0.25) is 4.79 Å². The second kappa shape index (κ2) is 7.81. The van der Waals surface area contributed by atoms with Gasteiger partial charge < -0.3 is 15.8 Å². The van der Waals surface area contributed by atoms with Crippen LogP contribution in [0.15, 0.2) is 48.5 Å². The molecule has 0 bridgehead atoms. The van der Waals surface area contributed by atoms with E-state index in [4.69, 9.17) is 15.7 Å². The van der Waals surface area contributed by atoms with Crippen LogP contribution in [0.4, 0.5) is 0 Å². The molecule has 1 amide bonds. The van der Waals surface area contributed by atoms with Gasteiger partial charge in [0.15, 0.2) is 0 Å². The number of nitrogens with zero attached hydrogens (tertiary/aromatic N) is 1. The highest BCUT2D eigenvalue weighted by molar-refractivity contribution is 5.94. The zero-order valence-corrected chi connectivity index (χ0v) is 12.1. The van der Waals surface area contributed by atoms with Gasteiger partial charge in [-0.1, -0.05) is 18.2 Å². The van der Waals surface area contributed by atoms with Crippen molar-refractivity contribution in [3.8, 4) is 11.8 Å². The molecule has 0 saturated carbocycles. The van der Waals surface area contributed by atoms with Crippen LogP contribution in [0.3, 0.4) is 0 Å². The Kier molecular flexibility index (Phi) is 5.52. The molecule has 0 aliphatic heterocycles. The lowest BCUT2D eigenvalue weighted by molar-refractivity contribution is 0.0947. The highest BCUT2D eigenvalue weighted by Gasteiger charge is 2.04. The molecule has 3 N–H and O–H groups in total. The smallest absolute Gasteiger partial charge is 0.251 e. The van der Waals surface area contributed by atoms with Crippen molar-refractivity contribution < 1.29 is 9.53 Å². The molecule has 0 spiro atoms. The van der Waals surface area contributed by atoms with E-state index in [0.717, 1.165) is 5.56 Å². The van der Waals surface area contributed by atoms with Crippen LogP contribution in [0, 0.1) is 11.3 Å². The highest BCUT2D eigenvalue weighted by Crippen LogP contribution is 2.12. The van der Waals surface area contributed by atoms with Gasteiger partial charge in [0.2, 0.25) is 0 Å². The third-order valence-corrected chi connectivity index (χ3v) is 3.07. The number of carbonyl (C=O) groups excluding carboxylic acids is 1. The topological polar surface area (TPSA) is 88.1 Å². The van der Waals surface area contributed by atoms with Gasteiger partial charge in [-0.25, -0.2) is 0 Å². The fourth-order valence-electron chi connectivity index (χ4n) is 1.88. The van der Waals surface area contributed by atoms with Crippen LogP contribution in [0.1, 0.15) is 21.5 Å². The van der Waals surface area contributed by atoms with Crippen molar-refractivity contribution in [2.45, 2.75) is 6.54 Å². The van der Waals surface area contributed by atoms with Crippen LogP contribution in [-0.4, -0.2) is 19.1 Å². The van der Waals surface area contributed by atoms with Crippen LogP contribution in [0.2, 0.25) is 0 Å². The number of nitrogens with two attached hydrogens (primary N) is 1. The molecule has 0 heterocycles. The Bertz CT molecular complexity index is 675. The summed E-state index contributed by atoms with van der Waals surface area (Å²) >= 11 is 0. The van der Waals surface area contributed by atoms with Gasteiger partial charge in [0.05, 0.1) is 18.2 Å². The SMILES string of the molecule is N#Cc1cccc(OCCNC(=O)c2ccc(CN)cc2)c1. The van der Waals surface area contributed by atoms with Gasteiger partial charge in [-0.15, -0.1) is 0 Å². The van der Waals surface area contributed by atoms with Crippen molar-refractivity contribution in [3.05, 3.63) is 65.2 Å². The number of hydrogen-bond donors (Lipinski definition) is 2. The molecule has 2 rings (SSSR count). The summed E-state index contributed by atoms with van der Waals surface area (Å²) in [6.07, 6.45) is 0. The van der Waals surface area contributed by atoms with E-state index >= 15 is 0 Å². The average Bonchev–Trinajstić information content (AvgIpc) is 2.58. The number of benzene rings is 2. The number of carbonyl (C=O) groups is 1. The standard InChI is InChI=1S/C17H17N3O2/c18-11-13-4-6-15(7-5-13)17(21)20-8-9-22-16-3-1-2-14(10-16)12-19/h1-7,10H,8-9,11,18H2,(H,20,21). The normalized spacial score (nSPS) is 9.82. The monoisotopic (exact) mass is 295 g/mol. The van der Waals surface area contributed by atoms with Gasteiger partial charge in [0, 0.05) is 12.1 Å². The number of rotatable bonds is 6. The van der Waals surface area contributed by atoms with Crippen molar-refractivity contribution in [1.82, 2.24) is 5.32 Å². The minimum absolute atomic E-state index is 0.155. The molecule has 5 nitrogen and oxygen atoms in total. The molecule has 112 valence electrons. The van der Waals surface area contributed by atoms with Gasteiger partial charge >= 0.3 is 0 Å². The van der Waals surface area contributed by atoms with Crippen LogP contribution < -0.4 is 15.8 Å². The lowest BCUT2D eigenvalue weighted by atomic mass is 10.1. The Morgan fingerprint density at radius 2 is 2.00 bits per heavy atom. The fourth-order valence-corrected chi connectivity index (χ4v) is 1.88. The number of amides is 1. The summed E-state index contributed by atoms with van der Waals surface area (Å²) in [7, 11) is 0. The molecule has 5 heteroatoms. The van der Waals surface area contributed by atoms with Crippen LogP contribution in [-0.2, 0) is 6.54 Å². The van der Waals surface area contributed by atoms with Crippen LogP contribution in [0.25, 0.3) is 0 Å². The molecular weight excluding hydrogens is 278 g/mol. The second-order valence-electron chi connectivity index (χ2n) is 4.65. The Labute approximate surface area is 129 Å². The molecule has 0 fully saturated rings. The minimum Gasteiger partial charge on any atom is -0.492 e. The van der Waals surface area contributed by atoms with Gasteiger partial charge in [0.1, 0.15) is 12.4 Å². The summed E-state index contributed by atoms with van der Waals surface area (Å²) in [4.78, 5) is 11.9. The van der Waals surface area contributed by atoms with E-state index in [1.54, 1.807) is 36.4 Å². The summed E-state index contributed by atoms with van der Waals surface area (Å²) in [6, 6.07) is 16.1. The second-order valence-corrected chi connectivity index (χ2v) is 4.65. The fraction of sp³-hybridized carbons (Fsp3) is 0.176. The van der Waals surface area contributed by atoms with E-state index in [1.807, 2.05) is 18.2 Å². The first kappa shape index (κ1) is 15.5. The molecule has 0 aliphatic rings. The summed E-state index contributed by atoms with van der Waals surface area (Å²) in [6.45, 7) is 1.17. The van der Waals surface area contributed by atoms with Crippen molar-refractivity contribution in [1.29, 1.82) is 5.26 Å². The lowest BCUT2D eigenvalue weighted by Gasteiger charge is -2.08. The zero-order valence-electron chi connectivity index (χ0n) is 12.1. The molecule has 0 aliphatic carbocycles. The molecule has 0 radical (unpaired) electrons. The molecule has 0 atom stereocenters. The molecular formula is C17H17N3O2. The first-order valence-corrected chi connectivity index (χ1v) is 6.93. The first-order chi connectivity index (χ1) is 10.7. The molecule has 22 heavy (non-hydrogen) atoms. The summed E-state index contributed by atoms with van der Waals surface area (Å²) in [5.74, 6) is 0.457. The number of ether oxygens (including phenoxy) is 1. The summed E-state index contributed by atoms with van der Waals surface area (Å²) in [5.41, 5.74) is 7.63. The molecule has 2 aromatic carbocycles. The largest absolute Gasteiger partial charge is 0.492 e. The van der Waals surface area contributed by atoms with Crippen molar-refractivity contribution >= 4 is 5.91 Å². The first-order valence-electron chi connectivity index (χ1n) is 6.93. The maximum Gasteiger partial charge on any atom is 0.251 e. The summed E-state index contributed by atoms with van der Waals surface area (Å²) in [5, 5.41) is 11.6. The van der Waals surface area contributed by atoms with Crippen molar-refractivity contribution in [3.63, 3.8) is 0 Å². The molecule has 0 saturated heterocycles.